The van der Waals surface area contributed by atoms with Crippen LogP contribution in [0.5, 0.6) is 0 Å². The van der Waals surface area contributed by atoms with Gasteiger partial charge in [0.2, 0.25) is 0 Å². The van der Waals surface area contributed by atoms with Gasteiger partial charge in [0.25, 0.3) is 5.56 Å². The lowest BCUT2D eigenvalue weighted by molar-refractivity contribution is 0.508. The maximum Gasteiger partial charge on any atom is 0.328 e. The molecule has 0 fully saturated rings. The number of H-pyrrole nitrogens is 1. The Labute approximate surface area is 93.6 Å². The van der Waals surface area contributed by atoms with Crippen LogP contribution < -0.4 is 11.2 Å². The van der Waals surface area contributed by atoms with Crippen molar-refractivity contribution in [3.05, 3.63) is 38.2 Å². The summed E-state index contributed by atoms with van der Waals surface area (Å²) in [6.07, 6.45) is 4.67. The number of hydrogen-bond acceptors (Lipinski definition) is 2. The molecule has 1 aliphatic rings. The van der Waals surface area contributed by atoms with E-state index in [1.807, 2.05) is 32.9 Å². The fourth-order valence-corrected chi connectivity index (χ4v) is 2.26. The molecule has 1 unspecified atom stereocenters. The van der Waals surface area contributed by atoms with E-state index in [2.05, 4.69) is 4.98 Å². The van der Waals surface area contributed by atoms with Gasteiger partial charge < -0.3 is 0 Å². The van der Waals surface area contributed by atoms with Gasteiger partial charge in [-0.2, -0.15) is 0 Å². The fourth-order valence-electron chi connectivity index (χ4n) is 2.26. The zero-order chi connectivity index (χ0) is 11.9. The summed E-state index contributed by atoms with van der Waals surface area (Å²) < 4.78 is 1.69. The van der Waals surface area contributed by atoms with Crippen LogP contribution in [0.15, 0.2) is 15.7 Å². The highest BCUT2D eigenvalue weighted by molar-refractivity contribution is 5.54. The highest BCUT2D eigenvalue weighted by Gasteiger charge is 2.21. The molecule has 1 heterocycles. The highest BCUT2D eigenvalue weighted by atomic mass is 16.2. The summed E-state index contributed by atoms with van der Waals surface area (Å²) in [5.41, 5.74) is 0.916. The van der Waals surface area contributed by atoms with Crippen LogP contribution in [0.2, 0.25) is 0 Å². The molecule has 1 aliphatic carbocycles. The van der Waals surface area contributed by atoms with E-state index >= 15 is 0 Å². The first-order valence-electron chi connectivity index (χ1n) is 5.57. The first kappa shape index (κ1) is 10.9. The van der Waals surface area contributed by atoms with E-state index in [9.17, 15) is 9.59 Å². The van der Waals surface area contributed by atoms with Gasteiger partial charge in [0.05, 0.1) is 5.56 Å². The third-order valence-electron chi connectivity index (χ3n) is 2.98. The minimum atomic E-state index is -0.305. The zero-order valence-electron chi connectivity index (χ0n) is 9.78. The minimum Gasteiger partial charge on any atom is -0.294 e. The number of nitrogens with one attached hydrogen (secondary N) is 1. The van der Waals surface area contributed by atoms with Gasteiger partial charge in [0, 0.05) is 17.7 Å². The lowest BCUT2D eigenvalue weighted by Gasteiger charge is -2.24. The first-order chi connectivity index (χ1) is 7.52. The Morgan fingerprint density at radius 3 is 2.75 bits per heavy atom. The van der Waals surface area contributed by atoms with Gasteiger partial charge in [-0.3, -0.25) is 14.3 Å². The molecule has 0 amide bonds. The molecule has 0 aliphatic heterocycles. The molecular formula is C12H16N2O2. The molecule has 1 aromatic heterocycles. The number of allylic oxidation sites excluding steroid dienone is 1. The van der Waals surface area contributed by atoms with E-state index in [0.717, 1.165) is 12.1 Å². The van der Waals surface area contributed by atoms with Crippen molar-refractivity contribution in [3.63, 3.8) is 0 Å². The molecule has 4 nitrogen and oxygen atoms in total. The minimum absolute atomic E-state index is 0.0621. The molecular weight excluding hydrogens is 204 g/mol. The second kappa shape index (κ2) is 3.77. The third-order valence-corrected chi connectivity index (χ3v) is 2.98. The van der Waals surface area contributed by atoms with E-state index in [1.165, 1.54) is 0 Å². The zero-order valence-corrected chi connectivity index (χ0v) is 9.78. The standard InChI is InChI=1S/C12H16N2O2/c1-7(2)14-10-8(3)5-4-6-9(10)11(15)13-12(14)16/h4,6-8H,5H2,1-3H3,(H,13,15,16). The van der Waals surface area contributed by atoms with Gasteiger partial charge in [0.1, 0.15) is 0 Å². The Balaban J connectivity index is 2.86. The Morgan fingerprint density at radius 1 is 1.44 bits per heavy atom. The number of aromatic amines is 1. The van der Waals surface area contributed by atoms with Crippen molar-refractivity contribution >= 4 is 6.08 Å². The van der Waals surface area contributed by atoms with Crippen molar-refractivity contribution in [3.8, 4) is 0 Å². The molecule has 0 saturated heterocycles. The summed E-state index contributed by atoms with van der Waals surface area (Å²) in [7, 11) is 0. The van der Waals surface area contributed by atoms with E-state index < -0.39 is 0 Å². The molecule has 1 atom stereocenters. The summed E-state index contributed by atoms with van der Waals surface area (Å²) >= 11 is 0. The van der Waals surface area contributed by atoms with Crippen molar-refractivity contribution in [1.29, 1.82) is 0 Å². The summed E-state index contributed by atoms with van der Waals surface area (Å²) in [6.45, 7) is 5.94. The monoisotopic (exact) mass is 220 g/mol. The number of nitrogens with zero attached hydrogens (tertiary/aromatic N) is 1. The number of aromatic nitrogens is 2. The fraction of sp³-hybridized carbons (Fsp3) is 0.500. The van der Waals surface area contributed by atoms with E-state index in [0.29, 0.717) is 5.56 Å². The predicted molar refractivity (Wildman–Crippen MR) is 63.8 cm³/mol. The van der Waals surface area contributed by atoms with Gasteiger partial charge in [-0.15, -0.1) is 0 Å². The number of rotatable bonds is 1. The lowest BCUT2D eigenvalue weighted by atomic mass is 9.93. The van der Waals surface area contributed by atoms with Crippen LogP contribution in [-0.4, -0.2) is 9.55 Å². The molecule has 0 radical (unpaired) electrons. The lowest BCUT2D eigenvalue weighted by Crippen LogP contribution is -2.36. The largest absolute Gasteiger partial charge is 0.328 e. The maximum atomic E-state index is 11.8. The predicted octanol–water partition coefficient (Wildman–Crippen LogP) is 1.64. The molecule has 2 rings (SSSR count). The summed E-state index contributed by atoms with van der Waals surface area (Å²) in [4.78, 5) is 25.8. The average Bonchev–Trinajstić information content (AvgIpc) is 2.19. The molecule has 1 N–H and O–H groups in total. The molecule has 86 valence electrons. The number of fused-ring (bicyclic) bond motifs is 1. The SMILES string of the molecule is CC1CC=Cc2c1n(C(C)C)c(=O)[nH]c2=O. The smallest absolute Gasteiger partial charge is 0.294 e. The van der Waals surface area contributed by atoms with Crippen LogP contribution in [0.25, 0.3) is 6.08 Å². The van der Waals surface area contributed by atoms with Gasteiger partial charge in [-0.05, 0) is 20.3 Å². The number of hydrogen-bond donors (Lipinski definition) is 1. The Morgan fingerprint density at radius 2 is 2.12 bits per heavy atom. The molecule has 0 saturated carbocycles. The second-order valence-corrected chi connectivity index (χ2v) is 4.56. The van der Waals surface area contributed by atoms with Crippen LogP contribution in [0.3, 0.4) is 0 Å². The highest BCUT2D eigenvalue weighted by Crippen LogP contribution is 2.27. The van der Waals surface area contributed by atoms with E-state index in [-0.39, 0.29) is 23.2 Å². The Hall–Kier alpha value is -1.58. The first-order valence-corrected chi connectivity index (χ1v) is 5.57. The van der Waals surface area contributed by atoms with Crippen molar-refractivity contribution in [1.82, 2.24) is 9.55 Å². The third kappa shape index (κ3) is 1.54. The Bertz CT molecular complexity index is 549. The second-order valence-electron chi connectivity index (χ2n) is 4.56. The summed E-state index contributed by atoms with van der Waals surface area (Å²) in [5, 5.41) is 0. The molecule has 0 spiro atoms. The normalized spacial score (nSPS) is 18.9. The van der Waals surface area contributed by atoms with Crippen molar-refractivity contribution in [2.75, 3.05) is 0 Å². The van der Waals surface area contributed by atoms with Gasteiger partial charge in [0.15, 0.2) is 0 Å². The average molecular weight is 220 g/mol. The topological polar surface area (TPSA) is 54.9 Å². The van der Waals surface area contributed by atoms with Crippen LogP contribution in [0.4, 0.5) is 0 Å². The van der Waals surface area contributed by atoms with Crippen LogP contribution in [0, 0.1) is 0 Å². The van der Waals surface area contributed by atoms with Crippen molar-refractivity contribution in [2.24, 2.45) is 0 Å². The van der Waals surface area contributed by atoms with Crippen LogP contribution in [-0.2, 0) is 0 Å². The molecule has 0 aromatic carbocycles. The van der Waals surface area contributed by atoms with Gasteiger partial charge in [-0.1, -0.05) is 19.1 Å². The van der Waals surface area contributed by atoms with Crippen LogP contribution >= 0.6 is 0 Å². The van der Waals surface area contributed by atoms with Gasteiger partial charge in [-0.25, -0.2) is 4.79 Å². The molecule has 1 aromatic rings. The summed E-state index contributed by atoms with van der Waals surface area (Å²) in [6, 6.07) is 0.0621. The molecule has 4 heteroatoms. The Kier molecular flexibility index (Phi) is 2.58. The maximum absolute atomic E-state index is 11.8. The molecule has 16 heavy (non-hydrogen) atoms. The van der Waals surface area contributed by atoms with Crippen LogP contribution in [0.1, 0.15) is 50.4 Å². The summed E-state index contributed by atoms with van der Waals surface area (Å²) in [5.74, 6) is 0.220. The van der Waals surface area contributed by atoms with E-state index in [1.54, 1.807) is 4.57 Å². The molecule has 0 bridgehead atoms. The van der Waals surface area contributed by atoms with Crippen molar-refractivity contribution < 1.29 is 0 Å². The van der Waals surface area contributed by atoms with Crippen molar-refractivity contribution in [2.45, 2.75) is 39.2 Å². The quantitative estimate of drug-likeness (QED) is 0.782. The van der Waals surface area contributed by atoms with E-state index in [4.69, 9.17) is 0 Å². The van der Waals surface area contributed by atoms with Gasteiger partial charge >= 0.3 is 5.69 Å².